The lowest BCUT2D eigenvalue weighted by Gasteiger charge is -2.31. The number of allylic oxidation sites excluding steroid dienone is 4. The van der Waals surface area contributed by atoms with Gasteiger partial charge in [0.1, 0.15) is 0 Å². The van der Waals surface area contributed by atoms with Crippen LogP contribution in [0.15, 0.2) is 54.6 Å². The Balaban J connectivity index is 2.18. The average Bonchev–Trinajstić information content (AvgIpc) is 2.24. The van der Waals surface area contributed by atoms with E-state index in [-0.39, 0.29) is 10.2 Å². The highest BCUT2D eigenvalue weighted by atomic mass is 79.9. The summed E-state index contributed by atoms with van der Waals surface area (Å²) in [5.74, 6) is 0.280. The summed E-state index contributed by atoms with van der Waals surface area (Å²) in [6.45, 7) is 4.16. The molecule has 0 heterocycles. The van der Waals surface area contributed by atoms with Crippen LogP contribution in [-0.4, -0.2) is 4.32 Å². The summed E-state index contributed by atoms with van der Waals surface area (Å²) in [6.07, 6.45) is 9.44. The molecule has 1 aromatic carbocycles. The van der Waals surface area contributed by atoms with E-state index in [2.05, 4.69) is 71.4 Å². The second kappa shape index (κ2) is 4.36. The summed E-state index contributed by atoms with van der Waals surface area (Å²) in [5.41, 5.74) is 1.34. The van der Waals surface area contributed by atoms with Gasteiger partial charge in [0.25, 0.3) is 0 Å². The van der Waals surface area contributed by atoms with Crippen molar-refractivity contribution in [2.75, 3.05) is 0 Å². The zero-order valence-corrected chi connectivity index (χ0v) is 10.2. The van der Waals surface area contributed by atoms with Crippen molar-refractivity contribution in [3.8, 4) is 0 Å². The Labute approximate surface area is 99.8 Å². The third-order valence-corrected chi connectivity index (χ3v) is 3.89. The molecular weight excluding hydrogens is 248 g/mol. The van der Waals surface area contributed by atoms with Gasteiger partial charge in [-0.1, -0.05) is 70.6 Å². The number of alkyl halides is 1. The molecule has 1 aliphatic rings. The molecule has 0 aromatic heterocycles. The molecule has 0 amide bonds. The van der Waals surface area contributed by atoms with Crippen molar-refractivity contribution in [1.82, 2.24) is 0 Å². The van der Waals surface area contributed by atoms with Crippen LogP contribution in [0.2, 0.25) is 0 Å². The van der Waals surface area contributed by atoms with Gasteiger partial charge in [0.2, 0.25) is 0 Å². The predicted molar refractivity (Wildman–Crippen MR) is 68.9 cm³/mol. The fourth-order valence-electron chi connectivity index (χ4n) is 1.80. The Bertz CT molecular complexity index is 378. The van der Waals surface area contributed by atoms with E-state index in [0.29, 0.717) is 0 Å². The van der Waals surface area contributed by atoms with Crippen LogP contribution in [0.3, 0.4) is 0 Å². The van der Waals surface area contributed by atoms with Crippen molar-refractivity contribution in [2.45, 2.75) is 10.7 Å². The maximum atomic E-state index is 4.16. The van der Waals surface area contributed by atoms with Gasteiger partial charge >= 0.3 is 0 Å². The minimum absolute atomic E-state index is 0.0247. The molecule has 2 atom stereocenters. The molecule has 15 heavy (non-hydrogen) atoms. The number of benzene rings is 1. The molecule has 0 saturated heterocycles. The summed E-state index contributed by atoms with van der Waals surface area (Å²) in [7, 11) is 0. The van der Waals surface area contributed by atoms with Gasteiger partial charge in [-0.15, -0.1) is 0 Å². The topological polar surface area (TPSA) is 0 Å². The molecule has 0 bridgehead atoms. The van der Waals surface area contributed by atoms with E-state index in [1.807, 2.05) is 6.07 Å². The van der Waals surface area contributed by atoms with Crippen molar-refractivity contribution >= 4 is 15.9 Å². The standard InChI is InChI=1S/C14H14Br/c1-12-7-5-6-10-14(12,15)11-13-8-3-2-4-9-13/h2-10,12H,1,11H2. The first-order chi connectivity index (χ1) is 7.21. The smallest absolute Gasteiger partial charge is 0.0542 e. The Hall–Kier alpha value is -0.820. The molecule has 0 N–H and O–H groups in total. The largest absolute Gasteiger partial charge is 0.0798 e. The first kappa shape index (κ1) is 10.7. The van der Waals surface area contributed by atoms with E-state index in [9.17, 15) is 0 Å². The Morgan fingerprint density at radius 1 is 1.20 bits per heavy atom. The van der Waals surface area contributed by atoms with E-state index in [4.69, 9.17) is 0 Å². The maximum Gasteiger partial charge on any atom is 0.0542 e. The molecule has 1 aliphatic carbocycles. The lowest BCUT2D eigenvalue weighted by Crippen LogP contribution is -2.30. The van der Waals surface area contributed by atoms with Crippen LogP contribution in [0.4, 0.5) is 0 Å². The van der Waals surface area contributed by atoms with Gasteiger partial charge < -0.3 is 0 Å². The zero-order chi connectivity index (χ0) is 10.7. The van der Waals surface area contributed by atoms with Crippen LogP contribution in [0.1, 0.15) is 5.56 Å². The third kappa shape index (κ3) is 2.40. The van der Waals surface area contributed by atoms with E-state index >= 15 is 0 Å². The second-order valence-electron chi connectivity index (χ2n) is 3.94. The highest BCUT2D eigenvalue weighted by Crippen LogP contribution is 2.36. The molecule has 1 heteroatoms. The van der Waals surface area contributed by atoms with Crippen molar-refractivity contribution in [2.24, 2.45) is 5.92 Å². The quantitative estimate of drug-likeness (QED) is 0.708. The van der Waals surface area contributed by atoms with Gasteiger partial charge in [0.05, 0.1) is 4.32 Å². The fraction of sp³-hybridized carbons (Fsp3) is 0.214. The molecule has 0 aliphatic heterocycles. The van der Waals surface area contributed by atoms with Gasteiger partial charge in [-0.3, -0.25) is 0 Å². The molecule has 0 spiro atoms. The summed E-state index contributed by atoms with van der Waals surface area (Å²) in [5, 5.41) is 0. The third-order valence-electron chi connectivity index (χ3n) is 2.76. The van der Waals surface area contributed by atoms with Crippen molar-refractivity contribution in [3.63, 3.8) is 0 Å². The molecule has 1 radical (unpaired) electrons. The lowest BCUT2D eigenvalue weighted by atomic mass is 9.85. The van der Waals surface area contributed by atoms with Crippen LogP contribution in [0.5, 0.6) is 0 Å². The van der Waals surface area contributed by atoms with Crippen LogP contribution in [-0.2, 0) is 6.42 Å². The molecule has 0 nitrogen and oxygen atoms in total. The number of halogens is 1. The highest BCUT2D eigenvalue weighted by Gasteiger charge is 2.30. The average molecular weight is 262 g/mol. The highest BCUT2D eigenvalue weighted by molar-refractivity contribution is 9.10. The van der Waals surface area contributed by atoms with Crippen molar-refractivity contribution < 1.29 is 0 Å². The van der Waals surface area contributed by atoms with E-state index in [1.54, 1.807) is 0 Å². The first-order valence-corrected chi connectivity index (χ1v) is 5.92. The number of rotatable bonds is 2. The summed E-state index contributed by atoms with van der Waals surface area (Å²) in [4.78, 5) is 0. The van der Waals surface area contributed by atoms with Gasteiger partial charge in [-0.2, -0.15) is 0 Å². The van der Waals surface area contributed by atoms with Crippen LogP contribution >= 0.6 is 15.9 Å². The van der Waals surface area contributed by atoms with Gasteiger partial charge in [0.15, 0.2) is 0 Å². The Kier molecular flexibility index (Phi) is 3.11. The zero-order valence-electron chi connectivity index (χ0n) is 8.57. The van der Waals surface area contributed by atoms with E-state index < -0.39 is 0 Å². The predicted octanol–water partition coefficient (Wildman–Crippen LogP) is 3.94. The molecule has 2 unspecified atom stereocenters. The fourth-order valence-corrected chi connectivity index (χ4v) is 2.43. The summed E-state index contributed by atoms with van der Waals surface area (Å²) < 4.78 is -0.0247. The van der Waals surface area contributed by atoms with Gasteiger partial charge in [-0.25, -0.2) is 0 Å². The summed E-state index contributed by atoms with van der Waals surface area (Å²) >= 11 is 3.80. The normalized spacial score (nSPS) is 29.3. The molecule has 0 fully saturated rings. The van der Waals surface area contributed by atoms with E-state index in [1.165, 1.54) is 5.56 Å². The minimum atomic E-state index is -0.0247. The Morgan fingerprint density at radius 3 is 2.60 bits per heavy atom. The maximum absolute atomic E-state index is 4.16. The van der Waals surface area contributed by atoms with Crippen LogP contribution < -0.4 is 0 Å². The minimum Gasteiger partial charge on any atom is -0.0798 e. The Morgan fingerprint density at radius 2 is 1.93 bits per heavy atom. The van der Waals surface area contributed by atoms with Crippen molar-refractivity contribution in [1.29, 1.82) is 0 Å². The first-order valence-electron chi connectivity index (χ1n) is 5.13. The molecule has 1 aromatic rings. The molecule has 2 rings (SSSR count). The van der Waals surface area contributed by atoms with Crippen LogP contribution in [0.25, 0.3) is 0 Å². The molecular formula is C14H14Br. The molecule has 0 saturated carbocycles. The van der Waals surface area contributed by atoms with Gasteiger partial charge in [-0.05, 0) is 24.8 Å². The number of hydrogen-bond donors (Lipinski definition) is 0. The van der Waals surface area contributed by atoms with Gasteiger partial charge in [0, 0.05) is 0 Å². The van der Waals surface area contributed by atoms with Crippen LogP contribution in [0, 0.1) is 12.8 Å². The SMILES string of the molecule is [CH2]C1C=CC=CC1(Br)Cc1ccccc1. The van der Waals surface area contributed by atoms with Crippen molar-refractivity contribution in [3.05, 3.63) is 67.1 Å². The lowest BCUT2D eigenvalue weighted by molar-refractivity contribution is 0.609. The van der Waals surface area contributed by atoms with E-state index in [0.717, 1.165) is 6.42 Å². The second-order valence-corrected chi connectivity index (χ2v) is 5.42. The molecule has 77 valence electrons. The summed E-state index contributed by atoms with van der Waals surface area (Å²) in [6, 6.07) is 10.5. The number of hydrogen-bond acceptors (Lipinski definition) is 0. The monoisotopic (exact) mass is 261 g/mol.